The van der Waals surface area contributed by atoms with Crippen LogP contribution in [0.4, 0.5) is 13.2 Å². The lowest BCUT2D eigenvalue weighted by Crippen LogP contribution is -2.33. The van der Waals surface area contributed by atoms with E-state index in [1.165, 1.54) is 6.92 Å². The van der Waals surface area contributed by atoms with Crippen molar-refractivity contribution in [3.8, 4) is 0 Å². The van der Waals surface area contributed by atoms with Gasteiger partial charge in [-0.05, 0) is 25.9 Å². The van der Waals surface area contributed by atoms with Crippen molar-refractivity contribution in [2.45, 2.75) is 39.8 Å². The monoisotopic (exact) mass is 225 g/mol. The molecule has 0 fully saturated rings. The fourth-order valence-corrected chi connectivity index (χ4v) is 1.31. The molecule has 2 atom stereocenters. The van der Waals surface area contributed by atoms with Gasteiger partial charge >= 0.3 is 6.18 Å². The summed E-state index contributed by atoms with van der Waals surface area (Å²) in [5.74, 6) is -0.645. The van der Waals surface area contributed by atoms with Crippen molar-refractivity contribution in [3.05, 3.63) is 0 Å². The van der Waals surface area contributed by atoms with Crippen molar-refractivity contribution in [1.29, 1.82) is 0 Å². The van der Waals surface area contributed by atoms with Crippen LogP contribution in [-0.4, -0.2) is 31.2 Å². The Hall–Kier alpha value is -0.250. The van der Waals surface area contributed by atoms with Crippen molar-refractivity contribution in [3.63, 3.8) is 0 Å². The van der Waals surface area contributed by atoms with Gasteiger partial charge in [0.1, 0.15) is 0 Å². The molecule has 0 heterocycles. The molecule has 0 radical (unpaired) electrons. The quantitative estimate of drug-likeness (QED) is 0.668. The molecule has 0 amide bonds. The normalized spacial score (nSPS) is 16.8. The van der Waals surface area contributed by atoms with Crippen LogP contribution in [0.3, 0.4) is 0 Å². The molecule has 4 heteroatoms. The molecule has 2 unspecified atom stereocenters. The molecule has 15 heavy (non-hydrogen) atoms. The van der Waals surface area contributed by atoms with Crippen molar-refractivity contribution in [2.75, 3.05) is 20.1 Å². The predicted octanol–water partition coefficient (Wildman–Crippen LogP) is 3.55. The highest BCUT2D eigenvalue weighted by Gasteiger charge is 2.36. The fourth-order valence-electron chi connectivity index (χ4n) is 1.31. The minimum atomic E-state index is -4.06. The van der Waals surface area contributed by atoms with E-state index >= 15 is 0 Å². The zero-order valence-corrected chi connectivity index (χ0v) is 10.1. The minimum absolute atomic E-state index is 0.0972. The second-order valence-electron chi connectivity index (χ2n) is 4.51. The number of nitrogens with zero attached hydrogens (tertiary/aromatic N) is 1. The van der Waals surface area contributed by atoms with Gasteiger partial charge in [0.25, 0.3) is 0 Å². The van der Waals surface area contributed by atoms with Crippen LogP contribution >= 0.6 is 0 Å². The van der Waals surface area contributed by atoms with Gasteiger partial charge in [-0.2, -0.15) is 13.2 Å². The van der Waals surface area contributed by atoms with Crippen molar-refractivity contribution in [1.82, 2.24) is 4.90 Å². The van der Waals surface area contributed by atoms with E-state index < -0.39 is 12.1 Å². The van der Waals surface area contributed by atoms with Crippen LogP contribution < -0.4 is 0 Å². The maximum atomic E-state index is 12.2. The first-order valence-electron chi connectivity index (χ1n) is 5.52. The second-order valence-corrected chi connectivity index (χ2v) is 4.51. The Bertz CT molecular complexity index is 168. The zero-order chi connectivity index (χ0) is 12.1. The SMILES string of the molecule is CCC(C)CCN(C)CC(C)C(F)(F)F. The highest BCUT2D eigenvalue weighted by Crippen LogP contribution is 2.26. The Morgan fingerprint density at radius 3 is 2.13 bits per heavy atom. The van der Waals surface area contributed by atoms with Gasteiger partial charge < -0.3 is 4.90 Å². The van der Waals surface area contributed by atoms with Crippen LogP contribution in [0.1, 0.15) is 33.6 Å². The molecule has 0 aliphatic heterocycles. The molecule has 0 aromatic heterocycles. The molecule has 0 aromatic rings. The first-order valence-corrected chi connectivity index (χ1v) is 5.52. The summed E-state index contributed by atoms with van der Waals surface area (Å²) in [5.41, 5.74) is 0. The Morgan fingerprint density at radius 1 is 1.20 bits per heavy atom. The van der Waals surface area contributed by atoms with Crippen molar-refractivity contribution >= 4 is 0 Å². The number of hydrogen-bond donors (Lipinski definition) is 0. The van der Waals surface area contributed by atoms with E-state index in [1.54, 1.807) is 11.9 Å². The predicted molar refractivity (Wildman–Crippen MR) is 56.8 cm³/mol. The molecule has 92 valence electrons. The van der Waals surface area contributed by atoms with Crippen LogP contribution in [0, 0.1) is 11.8 Å². The number of alkyl halides is 3. The van der Waals surface area contributed by atoms with E-state index in [-0.39, 0.29) is 6.54 Å². The zero-order valence-electron chi connectivity index (χ0n) is 10.1. The summed E-state index contributed by atoms with van der Waals surface area (Å²) < 4.78 is 36.7. The number of rotatable bonds is 6. The highest BCUT2D eigenvalue weighted by molar-refractivity contribution is 4.67. The Kier molecular flexibility index (Phi) is 6.25. The Balaban J connectivity index is 3.79. The first kappa shape index (κ1) is 14.8. The molecular weight excluding hydrogens is 203 g/mol. The summed E-state index contributed by atoms with van der Waals surface area (Å²) in [7, 11) is 1.75. The summed E-state index contributed by atoms with van der Waals surface area (Å²) in [6, 6.07) is 0. The maximum Gasteiger partial charge on any atom is 0.392 e. The van der Waals surface area contributed by atoms with Gasteiger partial charge in [0.2, 0.25) is 0 Å². The average molecular weight is 225 g/mol. The number of hydrogen-bond acceptors (Lipinski definition) is 1. The van der Waals surface area contributed by atoms with Gasteiger partial charge in [0.05, 0.1) is 5.92 Å². The van der Waals surface area contributed by atoms with Gasteiger partial charge in [-0.1, -0.05) is 27.2 Å². The molecule has 0 saturated heterocycles. The third kappa shape index (κ3) is 6.77. The fraction of sp³-hybridized carbons (Fsp3) is 1.00. The lowest BCUT2D eigenvalue weighted by Gasteiger charge is -2.24. The summed E-state index contributed by atoms with van der Waals surface area (Å²) in [4.78, 5) is 1.77. The van der Waals surface area contributed by atoms with Gasteiger partial charge in [-0.15, -0.1) is 0 Å². The minimum Gasteiger partial charge on any atom is -0.306 e. The van der Waals surface area contributed by atoms with Crippen LogP contribution in [0.5, 0.6) is 0 Å². The molecule has 0 aromatic carbocycles. The van der Waals surface area contributed by atoms with E-state index in [0.29, 0.717) is 5.92 Å². The molecule has 0 N–H and O–H groups in total. The Morgan fingerprint density at radius 2 is 1.73 bits per heavy atom. The molecule has 0 aliphatic carbocycles. The molecule has 0 aliphatic rings. The van der Waals surface area contributed by atoms with Gasteiger partial charge in [-0.3, -0.25) is 0 Å². The first-order chi connectivity index (χ1) is 6.77. The highest BCUT2D eigenvalue weighted by atomic mass is 19.4. The third-order valence-electron chi connectivity index (χ3n) is 2.84. The van der Waals surface area contributed by atoms with Gasteiger partial charge in [0, 0.05) is 6.54 Å². The molecule has 0 rings (SSSR count). The van der Waals surface area contributed by atoms with Crippen LogP contribution in [0.25, 0.3) is 0 Å². The van der Waals surface area contributed by atoms with E-state index in [9.17, 15) is 13.2 Å². The van der Waals surface area contributed by atoms with Crippen LogP contribution in [0.2, 0.25) is 0 Å². The molecule has 0 spiro atoms. The summed E-state index contributed by atoms with van der Waals surface area (Å²) in [6.07, 6.45) is -2.01. The lowest BCUT2D eigenvalue weighted by atomic mass is 10.0. The van der Waals surface area contributed by atoms with Crippen molar-refractivity contribution < 1.29 is 13.2 Å². The van der Waals surface area contributed by atoms with Crippen molar-refractivity contribution in [2.24, 2.45) is 11.8 Å². The van der Waals surface area contributed by atoms with Gasteiger partial charge in [0.15, 0.2) is 0 Å². The molecular formula is C11H22F3N. The molecule has 0 bridgehead atoms. The van der Waals surface area contributed by atoms with E-state index in [2.05, 4.69) is 13.8 Å². The maximum absolute atomic E-state index is 12.2. The molecule has 1 nitrogen and oxygen atoms in total. The largest absolute Gasteiger partial charge is 0.392 e. The third-order valence-corrected chi connectivity index (χ3v) is 2.84. The smallest absolute Gasteiger partial charge is 0.306 e. The van der Waals surface area contributed by atoms with Gasteiger partial charge in [-0.25, -0.2) is 0 Å². The number of halogens is 3. The van der Waals surface area contributed by atoms with Crippen LogP contribution in [0.15, 0.2) is 0 Å². The van der Waals surface area contributed by atoms with E-state index in [0.717, 1.165) is 19.4 Å². The summed E-state index contributed by atoms with van der Waals surface area (Å²) in [5, 5.41) is 0. The lowest BCUT2D eigenvalue weighted by molar-refractivity contribution is -0.173. The summed E-state index contributed by atoms with van der Waals surface area (Å²) >= 11 is 0. The standard InChI is InChI=1S/C11H22F3N/c1-5-9(2)6-7-15(4)8-10(3)11(12,13)14/h9-10H,5-8H2,1-4H3. The van der Waals surface area contributed by atoms with Crippen LogP contribution in [-0.2, 0) is 0 Å². The van der Waals surface area contributed by atoms with E-state index in [1.807, 2.05) is 0 Å². The average Bonchev–Trinajstić information content (AvgIpc) is 2.12. The molecule has 0 saturated carbocycles. The Labute approximate surface area is 90.6 Å². The topological polar surface area (TPSA) is 3.24 Å². The van der Waals surface area contributed by atoms with E-state index in [4.69, 9.17) is 0 Å². The second kappa shape index (κ2) is 6.36. The summed E-state index contributed by atoms with van der Waals surface area (Å²) in [6.45, 7) is 6.30.